The van der Waals surface area contributed by atoms with E-state index in [1.807, 2.05) is 30.3 Å². The molecule has 0 aliphatic heterocycles. The van der Waals surface area contributed by atoms with Crippen LogP contribution in [0.1, 0.15) is 31.8 Å². The minimum Gasteiger partial charge on any atom is -0.465 e. The van der Waals surface area contributed by atoms with E-state index in [1.165, 1.54) is 13.2 Å². The van der Waals surface area contributed by atoms with E-state index in [1.54, 1.807) is 54.6 Å². The van der Waals surface area contributed by atoms with Crippen LogP contribution in [-0.2, 0) is 16.1 Å². The summed E-state index contributed by atoms with van der Waals surface area (Å²) in [6.45, 7) is 0.392. The maximum absolute atomic E-state index is 12.6. The van der Waals surface area contributed by atoms with Crippen LogP contribution in [0.2, 0.25) is 0 Å². The fourth-order valence-corrected chi connectivity index (χ4v) is 2.86. The Bertz CT molecular complexity index is 1090. The van der Waals surface area contributed by atoms with Gasteiger partial charge in [0.25, 0.3) is 5.91 Å². The van der Waals surface area contributed by atoms with E-state index < -0.39 is 5.97 Å². The molecule has 2 amide bonds. The number of rotatable bonds is 7. The zero-order valence-electron chi connectivity index (χ0n) is 17.0. The monoisotopic (exact) mass is 414 g/mol. The van der Waals surface area contributed by atoms with Crippen LogP contribution in [0.4, 0.5) is 5.69 Å². The molecule has 3 aromatic rings. The molecule has 156 valence electrons. The molecular weight excluding hydrogens is 392 g/mol. The average molecular weight is 414 g/mol. The Hall–Kier alpha value is -4.19. The lowest BCUT2D eigenvalue weighted by molar-refractivity contribution is -0.111. The number of hydrogen-bond acceptors (Lipinski definition) is 4. The van der Waals surface area contributed by atoms with Crippen LogP contribution < -0.4 is 10.6 Å². The van der Waals surface area contributed by atoms with Crippen molar-refractivity contribution in [2.45, 2.75) is 6.54 Å². The largest absolute Gasteiger partial charge is 0.465 e. The maximum atomic E-state index is 12.6. The Labute approximate surface area is 180 Å². The summed E-state index contributed by atoms with van der Waals surface area (Å²) < 4.78 is 4.66. The molecule has 0 aliphatic rings. The molecule has 0 bridgehead atoms. The number of carbonyl (C=O) groups is 3. The summed E-state index contributed by atoms with van der Waals surface area (Å²) in [6, 6.07) is 23.1. The first kappa shape index (κ1) is 21.5. The van der Waals surface area contributed by atoms with E-state index in [9.17, 15) is 14.4 Å². The van der Waals surface area contributed by atoms with Crippen LogP contribution in [0.15, 0.2) is 84.9 Å². The van der Waals surface area contributed by atoms with Gasteiger partial charge in [-0.2, -0.15) is 0 Å². The smallest absolute Gasteiger partial charge is 0.337 e. The molecule has 0 saturated heterocycles. The van der Waals surface area contributed by atoms with E-state index in [4.69, 9.17) is 0 Å². The van der Waals surface area contributed by atoms with Crippen LogP contribution in [-0.4, -0.2) is 24.9 Å². The van der Waals surface area contributed by atoms with Crippen molar-refractivity contribution in [1.29, 1.82) is 0 Å². The summed E-state index contributed by atoms with van der Waals surface area (Å²) in [5.74, 6) is -1.07. The molecule has 0 aliphatic carbocycles. The lowest BCUT2D eigenvalue weighted by atomic mass is 10.1. The first-order chi connectivity index (χ1) is 15.1. The second-order valence-electron chi connectivity index (χ2n) is 6.65. The third-order valence-corrected chi connectivity index (χ3v) is 4.48. The van der Waals surface area contributed by atoms with Gasteiger partial charge in [0.15, 0.2) is 0 Å². The number of anilines is 1. The van der Waals surface area contributed by atoms with Crippen molar-refractivity contribution in [2.24, 2.45) is 0 Å². The topological polar surface area (TPSA) is 84.5 Å². The van der Waals surface area contributed by atoms with E-state index in [0.717, 1.165) is 11.1 Å². The maximum Gasteiger partial charge on any atom is 0.337 e. The number of hydrogen-bond donors (Lipinski definition) is 2. The van der Waals surface area contributed by atoms with Crippen molar-refractivity contribution >= 4 is 29.5 Å². The van der Waals surface area contributed by atoms with Crippen molar-refractivity contribution in [3.05, 3.63) is 107 Å². The highest BCUT2D eigenvalue weighted by atomic mass is 16.5. The molecule has 6 heteroatoms. The molecule has 3 rings (SSSR count). The molecule has 3 aromatic carbocycles. The summed E-state index contributed by atoms with van der Waals surface area (Å²) in [5.41, 5.74) is 2.96. The minimum atomic E-state index is -0.421. The predicted octanol–water partition coefficient (Wildman–Crippen LogP) is 4.06. The van der Waals surface area contributed by atoms with Crippen LogP contribution >= 0.6 is 0 Å². The van der Waals surface area contributed by atoms with Crippen molar-refractivity contribution in [3.8, 4) is 0 Å². The Morgan fingerprint density at radius 2 is 1.55 bits per heavy atom. The van der Waals surface area contributed by atoms with Gasteiger partial charge in [-0.25, -0.2) is 4.79 Å². The SMILES string of the molecule is COC(=O)c1ccc(/C=C/C(=O)Nc2ccccc2C(=O)NCc2ccccc2)cc1. The molecule has 31 heavy (non-hydrogen) atoms. The minimum absolute atomic E-state index is 0.276. The normalized spacial score (nSPS) is 10.5. The van der Waals surface area contributed by atoms with Crippen molar-refractivity contribution in [1.82, 2.24) is 5.32 Å². The molecule has 0 unspecified atom stereocenters. The third-order valence-electron chi connectivity index (χ3n) is 4.48. The molecule has 0 radical (unpaired) electrons. The van der Waals surface area contributed by atoms with Crippen LogP contribution in [0.25, 0.3) is 6.08 Å². The summed E-state index contributed by atoms with van der Waals surface area (Å²) in [6.07, 6.45) is 2.99. The Kier molecular flexibility index (Phi) is 7.32. The summed E-state index contributed by atoms with van der Waals surface area (Å²) in [7, 11) is 1.32. The lowest BCUT2D eigenvalue weighted by Gasteiger charge is -2.10. The molecule has 6 nitrogen and oxygen atoms in total. The van der Waals surface area contributed by atoms with E-state index in [2.05, 4.69) is 15.4 Å². The van der Waals surface area contributed by atoms with Crippen LogP contribution in [0, 0.1) is 0 Å². The molecule has 0 spiro atoms. The van der Waals surface area contributed by atoms with Gasteiger partial charge >= 0.3 is 5.97 Å². The molecule has 2 N–H and O–H groups in total. The highest BCUT2D eigenvalue weighted by Gasteiger charge is 2.12. The van der Waals surface area contributed by atoms with Crippen LogP contribution in [0.5, 0.6) is 0 Å². The van der Waals surface area contributed by atoms with Crippen LogP contribution in [0.3, 0.4) is 0 Å². The van der Waals surface area contributed by atoms with Crippen molar-refractivity contribution < 1.29 is 19.1 Å². The zero-order valence-corrected chi connectivity index (χ0v) is 17.0. The molecule has 0 heterocycles. The number of esters is 1. The average Bonchev–Trinajstić information content (AvgIpc) is 2.82. The van der Waals surface area contributed by atoms with E-state index >= 15 is 0 Å². The second-order valence-corrected chi connectivity index (χ2v) is 6.65. The van der Waals surface area contributed by atoms with Gasteiger partial charge in [-0.1, -0.05) is 54.6 Å². The number of para-hydroxylation sites is 1. The standard InChI is InChI=1S/C25H22N2O4/c1-31-25(30)20-14-11-18(12-15-20)13-16-23(28)27-22-10-6-5-9-21(22)24(29)26-17-19-7-3-2-4-8-19/h2-16H,17H2,1H3,(H,26,29)(H,27,28)/b16-13+. The first-order valence-electron chi connectivity index (χ1n) is 9.65. The van der Waals surface area contributed by atoms with Gasteiger partial charge in [0.2, 0.25) is 5.91 Å². The number of carbonyl (C=O) groups excluding carboxylic acids is 3. The molecule has 0 aromatic heterocycles. The Morgan fingerprint density at radius 3 is 2.26 bits per heavy atom. The van der Waals surface area contributed by atoms with Gasteiger partial charge in [-0.15, -0.1) is 0 Å². The number of nitrogens with one attached hydrogen (secondary N) is 2. The van der Waals surface area contributed by atoms with Gasteiger partial charge in [-0.3, -0.25) is 9.59 Å². The van der Waals surface area contributed by atoms with Gasteiger partial charge in [-0.05, 0) is 41.5 Å². The second kappa shape index (κ2) is 10.5. The summed E-state index contributed by atoms with van der Waals surface area (Å²) in [5, 5.41) is 5.60. The fourth-order valence-electron chi connectivity index (χ4n) is 2.86. The van der Waals surface area contributed by atoms with Gasteiger partial charge < -0.3 is 15.4 Å². The van der Waals surface area contributed by atoms with Crippen molar-refractivity contribution in [3.63, 3.8) is 0 Å². The van der Waals surface area contributed by atoms with E-state index in [-0.39, 0.29) is 11.8 Å². The molecule has 0 atom stereocenters. The number of benzene rings is 3. The molecule has 0 fully saturated rings. The lowest BCUT2D eigenvalue weighted by Crippen LogP contribution is -2.24. The molecular formula is C25H22N2O4. The molecule has 0 saturated carbocycles. The Morgan fingerprint density at radius 1 is 0.871 bits per heavy atom. The van der Waals surface area contributed by atoms with Gasteiger partial charge in [0, 0.05) is 12.6 Å². The van der Waals surface area contributed by atoms with Gasteiger partial charge in [0.1, 0.15) is 0 Å². The third kappa shape index (κ3) is 6.14. The predicted molar refractivity (Wildman–Crippen MR) is 119 cm³/mol. The highest BCUT2D eigenvalue weighted by molar-refractivity contribution is 6.07. The summed E-state index contributed by atoms with van der Waals surface area (Å²) >= 11 is 0. The van der Waals surface area contributed by atoms with Crippen molar-refractivity contribution in [2.75, 3.05) is 12.4 Å². The van der Waals surface area contributed by atoms with Gasteiger partial charge in [0.05, 0.1) is 23.9 Å². The zero-order chi connectivity index (χ0) is 22.1. The number of amides is 2. The summed E-state index contributed by atoms with van der Waals surface area (Å²) in [4.78, 5) is 36.4. The number of ether oxygens (including phenoxy) is 1. The highest BCUT2D eigenvalue weighted by Crippen LogP contribution is 2.16. The van der Waals surface area contributed by atoms with E-state index in [0.29, 0.717) is 23.4 Å². The quantitative estimate of drug-likeness (QED) is 0.451. The first-order valence-corrected chi connectivity index (χ1v) is 9.65. The Balaban J connectivity index is 1.63. The number of methoxy groups -OCH3 is 1. The fraction of sp³-hybridized carbons (Fsp3) is 0.0800.